The van der Waals surface area contributed by atoms with Gasteiger partial charge in [0.2, 0.25) is 0 Å². The van der Waals surface area contributed by atoms with E-state index in [0.717, 1.165) is 41.3 Å². The average molecular weight is 532 g/mol. The van der Waals surface area contributed by atoms with E-state index in [4.69, 9.17) is 25.5 Å². The Morgan fingerprint density at radius 1 is 0.921 bits per heavy atom. The molecule has 7 nitrogen and oxygen atoms in total. The maximum atomic E-state index is 13.3. The number of rotatable bonds is 7. The van der Waals surface area contributed by atoms with Crippen LogP contribution in [-0.4, -0.2) is 18.1 Å². The molecule has 1 unspecified atom stereocenters. The van der Waals surface area contributed by atoms with E-state index in [9.17, 15) is 14.4 Å². The normalized spacial score (nSPS) is 13.4. The van der Waals surface area contributed by atoms with Gasteiger partial charge in [0.05, 0.1) is 5.02 Å². The molecule has 0 radical (unpaired) electrons. The van der Waals surface area contributed by atoms with Crippen molar-refractivity contribution in [2.45, 2.75) is 44.8 Å². The number of aryl methyl sites for hydroxylation is 1. The zero-order valence-corrected chi connectivity index (χ0v) is 21.3. The Morgan fingerprint density at radius 3 is 2.29 bits per heavy atom. The Kier molecular flexibility index (Phi) is 7.75. The lowest BCUT2D eigenvalue weighted by Crippen LogP contribution is -2.44. The van der Waals surface area contributed by atoms with Gasteiger partial charge in [0.1, 0.15) is 18.2 Å². The fourth-order valence-corrected chi connectivity index (χ4v) is 4.85. The number of fused-ring (bicyclic) bond motifs is 3. The first-order valence-corrected chi connectivity index (χ1v) is 12.9. The number of ether oxygens (including phenoxy) is 2. The van der Waals surface area contributed by atoms with E-state index in [1.165, 1.54) is 6.07 Å². The molecule has 1 atom stereocenters. The number of nitrogens with one attached hydrogen (secondary N) is 1. The molecular formula is C30H26ClNO6. The van der Waals surface area contributed by atoms with Gasteiger partial charge in [-0.05, 0) is 48.4 Å². The molecule has 3 aromatic carbocycles. The predicted octanol–water partition coefficient (Wildman–Crippen LogP) is 5.77. The summed E-state index contributed by atoms with van der Waals surface area (Å²) < 4.78 is 16.5. The zero-order chi connectivity index (χ0) is 26.5. The summed E-state index contributed by atoms with van der Waals surface area (Å²) in [7, 11) is 0. The van der Waals surface area contributed by atoms with Crippen molar-refractivity contribution in [3.63, 3.8) is 0 Å². The summed E-state index contributed by atoms with van der Waals surface area (Å²) in [4.78, 5) is 38.4. The molecule has 4 aromatic rings. The standard InChI is InChI=1S/C30H26ClNO6/c31-24-16-23-21-13-7-8-14-22(21)28(33)37-26(23)17-27(24)38-29(34)25(15-19-9-3-1-4-10-19)32-30(35)36-18-20-11-5-2-6-12-20/h1-6,9-12,16-17,25H,7-8,13-15,18H2,(H,32,35). The van der Waals surface area contributed by atoms with Crippen molar-refractivity contribution in [2.75, 3.05) is 0 Å². The number of carbonyl (C=O) groups excluding carboxylic acids is 2. The van der Waals surface area contributed by atoms with E-state index in [-0.39, 0.29) is 29.4 Å². The van der Waals surface area contributed by atoms with Crippen LogP contribution in [0.3, 0.4) is 0 Å². The summed E-state index contributed by atoms with van der Waals surface area (Å²) in [6, 6.07) is 20.5. The first kappa shape index (κ1) is 25.5. The second-order valence-corrected chi connectivity index (χ2v) is 9.61. The van der Waals surface area contributed by atoms with Crippen molar-refractivity contribution in [2.24, 2.45) is 0 Å². The molecule has 0 fully saturated rings. The van der Waals surface area contributed by atoms with Crippen molar-refractivity contribution in [1.82, 2.24) is 5.32 Å². The second-order valence-electron chi connectivity index (χ2n) is 9.20. The number of hydrogen-bond acceptors (Lipinski definition) is 6. The van der Waals surface area contributed by atoms with E-state index < -0.39 is 18.1 Å². The third-order valence-corrected chi connectivity index (χ3v) is 6.85. The molecular weight excluding hydrogens is 506 g/mol. The fraction of sp³-hybridized carbons (Fsp3) is 0.233. The summed E-state index contributed by atoms with van der Waals surface area (Å²) in [5, 5.41) is 3.56. The molecule has 38 heavy (non-hydrogen) atoms. The molecule has 1 aliphatic rings. The highest BCUT2D eigenvalue weighted by atomic mass is 35.5. The molecule has 1 heterocycles. The molecule has 1 aliphatic carbocycles. The van der Waals surface area contributed by atoms with Gasteiger partial charge in [-0.25, -0.2) is 14.4 Å². The Hall–Kier alpha value is -4.10. The van der Waals surface area contributed by atoms with Gasteiger partial charge in [0, 0.05) is 23.4 Å². The Labute approximate surface area is 224 Å². The fourth-order valence-electron chi connectivity index (χ4n) is 4.65. The minimum atomic E-state index is -1.05. The van der Waals surface area contributed by atoms with Crippen molar-refractivity contribution >= 4 is 34.6 Å². The van der Waals surface area contributed by atoms with Crippen LogP contribution in [0.2, 0.25) is 5.02 Å². The molecule has 0 aliphatic heterocycles. The lowest BCUT2D eigenvalue weighted by Gasteiger charge is -2.19. The number of carbonyl (C=O) groups is 2. The van der Waals surface area contributed by atoms with Crippen LogP contribution < -0.4 is 15.7 Å². The SMILES string of the molecule is O=C(NC(Cc1ccccc1)C(=O)Oc1cc2oc(=O)c3c(c2cc1Cl)CCCC3)OCc1ccccc1. The Balaban J connectivity index is 1.36. The molecule has 0 bridgehead atoms. The maximum Gasteiger partial charge on any atom is 0.408 e. The summed E-state index contributed by atoms with van der Waals surface area (Å²) in [5.41, 5.74) is 3.18. The zero-order valence-electron chi connectivity index (χ0n) is 20.6. The topological polar surface area (TPSA) is 94.8 Å². The van der Waals surface area contributed by atoms with Gasteiger partial charge in [0.15, 0.2) is 5.75 Å². The number of alkyl carbamates (subject to hydrolysis) is 1. The molecule has 1 amide bonds. The first-order valence-electron chi connectivity index (χ1n) is 12.5. The number of esters is 1. The van der Waals surface area contributed by atoms with Crippen LogP contribution in [0.4, 0.5) is 4.79 Å². The van der Waals surface area contributed by atoms with Crippen LogP contribution in [0.1, 0.15) is 35.1 Å². The van der Waals surface area contributed by atoms with Crippen LogP contribution >= 0.6 is 11.6 Å². The van der Waals surface area contributed by atoms with Gasteiger partial charge in [0.25, 0.3) is 0 Å². The van der Waals surface area contributed by atoms with Gasteiger partial charge >= 0.3 is 17.7 Å². The van der Waals surface area contributed by atoms with Crippen LogP contribution in [-0.2, 0) is 35.4 Å². The van der Waals surface area contributed by atoms with Crippen molar-refractivity contribution in [3.8, 4) is 5.75 Å². The van der Waals surface area contributed by atoms with Gasteiger partial charge < -0.3 is 19.2 Å². The van der Waals surface area contributed by atoms with Gasteiger partial charge in [-0.1, -0.05) is 72.3 Å². The number of benzene rings is 3. The molecule has 0 saturated heterocycles. The third kappa shape index (κ3) is 5.89. The van der Waals surface area contributed by atoms with Crippen LogP contribution in [0.25, 0.3) is 11.0 Å². The summed E-state index contributed by atoms with van der Waals surface area (Å²) >= 11 is 6.51. The lowest BCUT2D eigenvalue weighted by atomic mass is 9.90. The highest BCUT2D eigenvalue weighted by molar-refractivity contribution is 6.33. The van der Waals surface area contributed by atoms with Gasteiger partial charge in [-0.2, -0.15) is 0 Å². The minimum absolute atomic E-state index is 0.0422. The molecule has 1 aromatic heterocycles. The summed E-state index contributed by atoms with van der Waals surface area (Å²) in [5.74, 6) is -0.687. The highest BCUT2D eigenvalue weighted by Gasteiger charge is 2.26. The van der Waals surface area contributed by atoms with Crippen LogP contribution in [0.5, 0.6) is 5.75 Å². The largest absolute Gasteiger partial charge is 0.445 e. The van der Waals surface area contributed by atoms with Crippen molar-refractivity contribution in [3.05, 3.63) is 110 Å². The van der Waals surface area contributed by atoms with E-state index >= 15 is 0 Å². The van der Waals surface area contributed by atoms with Crippen molar-refractivity contribution in [1.29, 1.82) is 0 Å². The van der Waals surface area contributed by atoms with E-state index in [1.54, 1.807) is 6.07 Å². The molecule has 8 heteroatoms. The summed E-state index contributed by atoms with van der Waals surface area (Å²) in [6.45, 7) is 0.0552. The molecule has 0 spiro atoms. The third-order valence-electron chi connectivity index (χ3n) is 6.56. The van der Waals surface area contributed by atoms with E-state index in [0.29, 0.717) is 17.6 Å². The lowest BCUT2D eigenvalue weighted by molar-refractivity contribution is -0.136. The molecule has 0 saturated carbocycles. The quantitative estimate of drug-likeness (QED) is 0.185. The summed E-state index contributed by atoms with van der Waals surface area (Å²) in [6.07, 6.45) is 2.78. The van der Waals surface area contributed by atoms with Crippen LogP contribution in [0.15, 0.2) is 82.0 Å². The molecule has 194 valence electrons. The average Bonchev–Trinajstić information content (AvgIpc) is 2.94. The van der Waals surface area contributed by atoms with E-state index in [2.05, 4.69) is 5.32 Å². The monoisotopic (exact) mass is 531 g/mol. The first-order chi connectivity index (χ1) is 18.5. The predicted molar refractivity (Wildman–Crippen MR) is 143 cm³/mol. The number of hydrogen-bond donors (Lipinski definition) is 1. The Morgan fingerprint density at radius 2 is 1.58 bits per heavy atom. The number of amides is 1. The van der Waals surface area contributed by atoms with E-state index in [1.807, 2.05) is 60.7 Å². The Bertz CT molecular complexity index is 1520. The second kappa shape index (κ2) is 11.5. The van der Waals surface area contributed by atoms with Gasteiger partial charge in [-0.3, -0.25) is 0 Å². The highest BCUT2D eigenvalue weighted by Crippen LogP contribution is 2.34. The van der Waals surface area contributed by atoms with Crippen molar-refractivity contribution < 1.29 is 23.5 Å². The van der Waals surface area contributed by atoms with Crippen LogP contribution in [0, 0.1) is 0 Å². The maximum absolute atomic E-state index is 13.3. The van der Waals surface area contributed by atoms with Gasteiger partial charge in [-0.15, -0.1) is 0 Å². The minimum Gasteiger partial charge on any atom is -0.445 e. The number of halogens is 1. The molecule has 5 rings (SSSR count). The molecule has 1 N–H and O–H groups in total. The smallest absolute Gasteiger partial charge is 0.408 e.